The molecule has 0 radical (unpaired) electrons. The summed E-state index contributed by atoms with van der Waals surface area (Å²) >= 11 is 5.89. The van der Waals surface area contributed by atoms with Crippen LogP contribution in [0.2, 0.25) is 5.15 Å². The molecule has 1 atom stereocenters. The van der Waals surface area contributed by atoms with Crippen LogP contribution in [-0.2, 0) is 12.0 Å². The predicted molar refractivity (Wildman–Crippen MR) is 127 cm³/mol. The summed E-state index contributed by atoms with van der Waals surface area (Å²) in [6.07, 6.45) is 5.50. The summed E-state index contributed by atoms with van der Waals surface area (Å²) in [5.74, 6) is 1.14. The normalized spacial score (nSPS) is 13.0. The van der Waals surface area contributed by atoms with Gasteiger partial charge in [0.25, 0.3) is 0 Å². The average molecular weight is 445 g/mol. The van der Waals surface area contributed by atoms with Crippen LogP contribution in [0.4, 0.5) is 0 Å². The Morgan fingerprint density at radius 2 is 1.75 bits per heavy atom. The van der Waals surface area contributed by atoms with Gasteiger partial charge in [-0.25, -0.2) is 0 Å². The fraction of sp³-hybridized carbons (Fsp3) is 0.231. The largest absolute Gasteiger partial charge is 0.487 e. The Bertz CT molecular complexity index is 1160. The number of nitrogens with zero attached hydrogens (tertiary/aromatic N) is 4. The highest BCUT2D eigenvalue weighted by molar-refractivity contribution is 6.29. The fourth-order valence-corrected chi connectivity index (χ4v) is 3.81. The molecule has 0 aliphatic rings. The first kappa shape index (κ1) is 21.9. The number of ether oxygens (including phenoxy) is 1. The zero-order valence-electron chi connectivity index (χ0n) is 18.4. The Kier molecular flexibility index (Phi) is 6.47. The molecule has 1 aromatic carbocycles. The minimum Gasteiger partial charge on any atom is -0.487 e. The summed E-state index contributed by atoms with van der Waals surface area (Å²) in [6.45, 7) is 7.13. The molecule has 0 N–H and O–H groups in total. The number of benzene rings is 1. The number of rotatable bonds is 7. The van der Waals surface area contributed by atoms with Gasteiger partial charge in [-0.15, -0.1) is 10.2 Å². The Labute approximate surface area is 193 Å². The van der Waals surface area contributed by atoms with Gasteiger partial charge in [-0.3, -0.25) is 9.97 Å². The van der Waals surface area contributed by atoms with Crippen molar-refractivity contribution in [2.24, 2.45) is 5.92 Å². The molecule has 5 nitrogen and oxygen atoms in total. The molecule has 3 aromatic heterocycles. The van der Waals surface area contributed by atoms with E-state index in [0.717, 1.165) is 28.3 Å². The molecule has 32 heavy (non-hydrogen) atoms. The smallest absolute Gasteiger partial charge is 0.151 e. The van der Waals surface area contributed by atoms with E-state index in [1.807, 2.05) is 42.6 Å². The summed E-state index contributed by atoms with van der Waals surface area (Å²) in [6, 6.07) is 19.8. The van der Waals surface area contributed by atoms with E-state index in [2.05, 4.69) is 59.1 Å². The van der Waals surface area contributed by atoms with Gasteiger partial charge >= 0.3 is 0 Å². The van der Waals surface area contributed by atoms with Gasteiger partial charge in [0.2, 0.25) is 0 Å². The van der Waals surface area contributed by atoms with E-state index in [4.69, 9.17) is 16.3 Å². The van der Waals surface area contributed by atoms with E-state index >= 15 is 0 Å². The molecular formula is C26H25ClN4O. The van der Waals surface area contributed by atoms with Gasteiger partial charge in [0.15, 0.2) is 5.15 Å². The molecule has 3 heterocycles. The van der Waals surface area contributed by atoms with Gasteiger partial charge in [0, 0.05) is 29.6 Å². The lowest BCUT2D eigenvalue weighted by atomic mass is 9.69. The summed E-state index contributed by atoms with van der Waals surface area (Å²) < 4.78 is 5.91. The number of hydrogen-bond donors (Lipinski definition) is 0. The molecule has 0 saturated carbocycles. The Morgan fingerprint density at radius 3 is 2.41 bits per heavy atom. The highest BCUT2D eigenvalue weighted by Crippen LogP contribution is 2.40. The molecule has 0 saturated heterocycles. The van der Waals surface area contributed by atoms with Gasteiger partial charge in [0.05, 0.1) is 11.4 Å². The lowest BCUT2D eigenvalue weighted by Crippen LogP contribution is -2.30. The lowest BCUT2D eigenvalue weighted by molar-refractivity contribution is 0.301. The van der Waals surface area contributed by atoms with Crippen molar-refractivity contribution < 1.29 is 4.74 Å². The van der Waals surface area contributed by atoms with Crippen LogP contribution in [0.25, 0.3) is 11.3 Å². The van der Waals surface area contributed by atoms with Crippen molar-refractivity contribution in [1.29, 1.82) is 0 Å². The van der Waals surface area contributed by atoms with Crippen molar-refractivity contribution >= 4 is 11.6 Å². The minimum atomic E-state index is -0.248. The maximum Gasteiger partial charge on any atom is 0.151 e. The summed E-state index contributed by atoms with van der Waals surface area (Å²) in [7, 11) is 0. The molecule has 0 aliphatic carbocycles. The molecular weight excluding hydrogens is 420 g/mol. The van der Waals surface area contributed by atoms with Crippen molar-refractivity contribution in [2.45, 2.75) is 32.8 Å². The van der Waals surface area contributed by atoms with Crippen molar-refractivity contribution in [3.63, 3.8) is 0 Å². The maximum atomic E-state index is 5.91. The van der Waals surface area contributed by atoms with E-state index in [-0.39, 0.29) is 5.41 Å². The first-order chi connectivity index (χ1) is 15.5. The predicted octanol–water partition coefficient (Wildman–Crippen LogP) is 6.13. The second kappa shape index (κ2) is 9.45. The Balaban J connectivity index is 1.61. The van der Waals surface area contributed by atoms with Crippen LogP contribution in [0.15, 0.2) is 79.3 Å². The van der Waals surface area contributed by atoms with Gasteiger partial charge in [-0.2, -0.15) is 0 Å². The van der Waals surface area contributed by atoms with Gasteiger partial charge in [-0.05, 0) is 59.5 Å². The van der Waals surface area contributed by atoms with E-state index in [1.54, 1.807) is 18.5 Å². The standard InChI is InChI=1S/C26H25ClN4O/c1-18(2)26(3,21-14-19(15-28-16-21)24-11-12-25(27)31-30-24)20-7-9-23(10-8-20)32-17-22-6-4-5-13-29-22/h4-16,18H,17H2,1-3H3. The molecule has 4 rings (SSSR count). The Morgan fingerprint density at radius 1 is 0.938 bits per heavy atom. The fourth-order valence-electron chi connectivity index (χ4n) is 3.71. The highest BCUT2D eigenvalue weighted by atomic mass is 35.5. The van der Waals surface area contributed by atoms with E-state index in [9.17, 15) is 0 Å². The second-order valence-corrected chi connectivity index (χ2v) is 8.58. The minimum absolute atomic E-state index is 0.248. The molecule has 0 fully saturated rings. The van der Waals surface area contributed by atoms with Crippen LogP contribution >= 0.6 is 11.6 Å². The molecule has 4 aromatic rings. The first-order valence-corrected chi connectivity index (χ1v) is 10.9. The van der Waals surface area contributed by atoms with E-state index in [1.165, 1.54) is 5.56 Å². The zero-order chi connectivity index (χ0) is 22.6. The number of aromatic nitrogens is 4. The van der Waals surface area contributed by atoms with Gasteiger partial charge in [-0.1, -0.05) is 50.6 Å². The van der Waals surface area contributed by atoms with E-state index in [0.29, 0.717) is 17.7 Å². The second-order valence-electron chi connectivity index (χ2n) is 8.19. The molecule has 0 bridgehead atoms. The lowest BCUT2D eigenvalue weighted by Gasteiger charge is -2.35. The third-order valence-corrected chi connectivity index (χ3v) is 6.19. The summed E-state index contributed by atoms with van der Waals surface area (Å²) in [5, 5.41) is 8.53. The molecule has 0 amide bonds. The van der Waals surface area contributed by atoms with Crippen LogP contribution in [0.5, 0.6) is 5.75 Å². The van der Waals surface area contributed by atoms with Gasteiger partial charge < -0.3 is 4.74 Å². The van der Waals surface area contributed by atoms with Crippen LogP contribution < -0.4 is 4.74 Å². The molecule has 0 aliphatic heterocycles. The summed E-state index contributed by atoms with van der Waals surface area (Å²) in [5.41, 5.74) is 4.61. The quantitative estimate of drug-likeness (QED) is 0.343. The number of hydrogen-bond acceptors (Lipinski definition) is 5. The van der Waals surface area contributed by atoms with Crippen molar-refractivity contribution in [1.82, 2.24) is 20.2 Å². The Hall–Kier alpha value is -3.31. The number of halogens is 1. The van der Waals surface area contributed by atoms with Crippen molar-refractivity contribution in [3.05, 3.63) is 101 Å². The highest BCUT2D eigenvalue weighted by Gasteiger charge is 2.33. The molecule has 0 spiro atoms. The third-order valence-electron chi connectivity index (χ3n) is 5.99. The van der Waals surface area contributed by atoms with Gasteiger partial charge in [0.1, 0.15) is 12.4 Å². The zero-order valence-corrected chi connectivity index (χ0v) is 19.1. The molecule has 1 unspecified atom stereocenters. The van der Waals surface area contributed by atoms with Crippen LogP contribution in [0.1, 0.15) is 37.6 Å². The summed E-state index contributed by atoms with van der Waals surface area (Å²) in [4.78, 5) is 8.81. The maximum absolute atomic E-state index is 5.91. The SMILES string of the molecule is CC(C)C(C)(c1ccc(OCc2ccccn2)cc1)c1cncc(-c2ccc(Cl)nn2)c1. The van der Waals surface area contributed by atoms with Crippen molar-refractivity contribution in [3.8, 4) is 17.0 Å². The topological polar surface area (TPSA) is 60.8 Å². The molecule has 6 heteroatoms. The molecule has 162 valence electrons. The average Bonchev–Trinajstić information content (AvgIpc) is 2.83. The van der Waals surface area contributed by atoms with Crippen LogP contribution in [-0.4, -0.2) is 20.2 Å². The number of pyridine rings is 2. The van der Waals surface area contributed by atoms with Crippen LogP contribution in [0, 0.1) is 5.92 Å². The first-order valence-electron chi connectivity index (χ1n) is 10.5. The monoisotopic (exact) mass is 444 g/mol. The van der Waals surface area contributed by atoms with E-state index < -0.39 is 0 Å². The third kappa shape index (κ3) is 4.63. The van der Waals surface area contributed by atoms with Crippen molar-refractivity contribution in [2.75, 3.05) is 0 Å². The van der Waals surface area contributed by atoms with Crippen LogP contribution in [0.3, 0.4) is 0 Å².